The number of nitrogens with one attached hydrogen (secondary N) is 1. The standard InChI is InChI=1S/C18H7Cl2F9N4O4S/c19-9-3-1-7(16(21,22)23)5-12(9)38(35,36)31-15(34)13-14(17(24,25)26)33(32-30-13)11-4-2-8(6-10(11)20)37-18(27,28)29/h1-6H,(H,31,34). The summed E-state index contributed by atoms with van der Waals surface area (Å²) in [6.07, 6.45) is -15.7. The first-order valence-electron chi connectivity index (χ1n) is 9.23. The van der Waals surface area contributed by atoms with Gasteiger partial charge in [-0.25, -0.2) is 17.8 Å². The summed E-state index contributed by atoms with van der Waals surface area (Å²) in [4.78, 5) is 11.2. The quantitative estimate of drug-likeness (QED) is 0.373. The Morgan fingerprint density at radius 2 is 1.53 bits per heavy atom. The average molecular weight is 617 g/mol. The molecule has 1 heterocycles. The van der Waals surface area contributed by atoms with Crippen molar-refractivity contribution in [2.45, 2.75) is 23.6 Å². The Hall–Kier alpha value is -3.25. The number of hydrogen-bond acceptors (Lipinski definition) is 6. The summed E-state index contributed by atoms with van der Waals surface area (Å²) in [5, 5.41) is 4.47. The topological polar surface area (TPSA) is 103 Å². The molecule has 0 aliphatic heterocycles. The van der Waals surface area contributed by atoms with Crippen LogP contribution < -0.4 is 9.46 Å². The van der Waals surface area contributed by atoms with Gasteiger partial charge in [-0.2, -0.15) is 26.3 Å². The van der Waals surface area contributed by atoms with Crippen molar-refractivity contribution < 1.29 is 57.5 Å². The molecule has 0 saturated heterocycles. The number of ether oxygens (including phenoxy) is 1. The van der Waals surface area contributed by atoms with Crippen LogP contribution in [0.3, 0.4) is 0 Å². The Kier molecular flexibility index (Phi) is 7.56. The van der Waals surface area contributed by atoms with E-state index in [0.29, 0.717) is 30.3 Å². The van der Waals surface area contributed by atoms with Crippen LogP contribution in [0.15, 0.2) is 41.3 Å². The van der Waals surface area contributed by atoms with E-state index in [-0.39, 0.29) is 10.7 Å². The molecule has 3 aromatic rings. The Bertz CT molecular complexity index is 1500. The molecule has 0 bridgehead atoms. The zero-order valence-corrected chi connectivity index (χ0v) is 19.8. The van der Waals surface area contributed by atoms with E-state index in [1.165, 1.54) is 0 Å². The molecule has 1 amide bonds. The minimum atomic E-state index is -5.49. The number of amides is 1. The van der Waals surface area contributed by atoms with Crippen LogP contribution in [0.4, 0.5) is 39.5 Å². The Labute approximate surface area is 214 Å². The van der Waals surface area contributed by atoms with Crippen molar-refractivity contribution in [1.82, 2.24) is 19.7 Å². The lowest BCUT2D eigenvalue weighted by Gasteiger charge is -2.14. The van der Waals surface area contributed by atoms with Crippen molar-refractivity contribution >= 4 is 39.1 Å². The summed E-state index contributed by atoms with van der Waals surface area (Å²) in [6.45, 7) is 0. The van der Waals surface area contributed by atoms with Crippen molar-refractivity contribution in [3.63, 3.8) is 0 Å². The van der Waals surface area contributed by atoms with Gasteiger partial charge in [0, 0.05) is 6.07 Å². The van der Waals surface area contributed by atoms with E-state index >= 15 is 0 Å². The van der Waals surface area contributed by atoms with Crippen LogP contribution in [-0.4, -0.2) is 35.7 Å². The number of carbonyl (C=O) groups is 1. The molecule has 0 aliphatic rings. The van der Waals surface area contributed by atoms with E-state index in [0.717, 1.165) is 4.72 Å². The maximum atomic E-state index is 13.8. The smallest absolute Gasteiger partial charge is 0.406 e. The number of benzene rings is 2. The van der Waals surface area contributed by atoms with E-state index in [1.807, 2.05) is 0 Å². The third kappa shape index (κ3) is 6.41. The first-order chi connectivity index (χ1) is 17.2. The van der Waals surface area contributed by atoms with E-state index in [1.54, 1.807) is 0 Å². The molecule has 8 nitrogen and oxygen atoms in total. The third-order valence-electron chi connectivity index (χ3n) is 4.31. The minimum absolute atomic E-state index is 0.0454. The summed E-state index contributed by atoms with van der Waals surface area (Å²) in [6, 6.07) is 2.65. The summed E-state index contributed by atoms with van der Waals surface area (Å²) >= 11 is 11.4. The molecular weight excluding hydrogens is 610 g/mol. The van der Waals surface area contributed by atoms with Gasteiger partial charge >= 0.3 is 18.7 Å². The van der Waals surface area contributed by atoms with Crippen LogP contribution in [0.2, 0.25) is 10.0 Å². The van der Waals surface area contributed by atoms with Gasteiger partial charge in [0.1, 0.15) is 10.6 Å². The van der Waals surface area contributed by atoms with Crippen molar-refractivity contribution in [1.29, 1.82) is 0 Å². The van der Waals surface area contributed by atoms with E-state index in [2.05, 4.69) is 15.0 Å². The van der Waals surface area contributed by atoms with Gasteiger partial charge in [-0.15, -0.1) is 18.3 Å². The van der Waals surface area contributed by atoms with Crippen LogP contribution in [0, 0.1) is 0 Å². The number of rotatable bonds is 5. The number of halogens is 11. The highest BCUT2D eigenvalue weighted by Crippen LogP contribution is 2.37. The van der Waals surface area contributed by atoms with Crippen LogP contribution in [-0.2, 0) is 22.4 Å². The first-order valence-corrected chi connectivity index (χ1v) is 11.5. The molecule has 20 heteroatoms. The number of alkyl halides is 9. The minimum Gasteiger partial charge on any atom is -0.406 e. The van der Waals surface area contributed by atoms with Gasteiger partial charge in [0.2, 0.25) is 0 Å². The summed E-state index contributed by atoms with van der Waals surface area (Å²) in [7, 11) is -5.29. The molecule has 0 spiro atoms. The fraction of sp³-hybridized carbons (Fsp3) is 0.167. The Balaban J connectivity index is 2.04. The molecule has 1 aromatic heterocycles. The van der Waals surface area contributed by atoms with E-state index in [4.69, 9.17) is 23.2 Å². The largest absolute Gasteiger partial charge is 0.573 e. The number of carbonyl (C=O) groups excluding carboxylic acids is 1. The second-order valence-electron chi connectivity index (χ2n) is 6.93. The van der Waals surface area contributed by atoms with Crippen LogP contribution in [0.1, 0.15) is 21.7 Å². The molecule has 206 valence electrons. The molecule has 38 heavy (non-hydrogen) atoms. The summed E-state index contributed by atoms with van der Waals surface area (Å²) in [5.74, 6) is -2.99. The number of hydrogen-bond donors (Lipinski definition) is 1. The van der Waals surface area contributed by atoms with Gasteiger partial charge in [-0.1, -0.05) is 28.4 Å². The number of aromatic nitrogens is 3. The highest BCUT2D eigenvalue weighted by molar-refractivity contribution is 7.90. The molecule has 0 saturated carbocycles. The van der Waals surface area contributed by atoms with E-state index in [9.17, 15) is 52.7 Å². The fourth-order valence-electron chi connectivity index (χ4n) is 2.83. The number of nitrogens with zero attached hydrogens (tertiary/aromatic N) is 3. The molecular formula is C18H7Cl2F9N4O4S. The second kappa shape index (κ2) is 9.81. The normalized spacial score (nSPS) is 12.9. The molecule has 0 aliphatic carbocycles. The molecule has 2 aromatic carbocycles. The predicted octanol–water partition coefficient (Wildman–Crippen LogP) is 5.63. The van der Waals surface area contributed by atoms with Gasteiger partial charge in [0.05, 0.1) is 21.3 Å². The predicted molar refractivity (Wildman–Crippen MR) is 109 cm³/mol. The first kappa shape index (κ1) is 29.3. The molecule has 0 atom stereocenters. The van der Waals surface area contributed by atoms with Crippen molar-refractivity contribution in [2.75, 3.05) is 0 Å². The SMILES string of the molecule is O=C(NS(=O)(=O)c1cc(C(F)(F)F)ccc1Cl)c1nnn(-c2ccc(OC(F)(F)F)cc2Cl)c1C(F)(F)F. The lowest BCUT2D eigenvalue weighted by molar-refractivity contribution is -0.274. The molecule has 0 unspecified atom stereocenters. The van der Waals surface area contributed by atoms with E-state index < -0.39 is 78.0 Å². The van der Waals surface area contributed by atoms with Gasteiger partial charge in [0.25, 0.3) is 15.9 Å². The molecule has 0 radical (unpaired) electrons. The van der Waals surface area contributed by atoms with Gasteiger partial charge in [-0.3, -0.25) is 4.79 Å². The van der Waals surface area contributed by atoms with Gasteiger partial charge in [-0.05, 0) is 30.3 Å². The molecule has 1 N–H and O–H groups in total. The number of sulfonamides is 1. The van der Waals surface area contributed by atoms with Gasteiger partial charge < -0.3 is 4.74 Å². The summed E-state index contributed by atoms with van der Waals surface area (Å²) < 4.78 is 147. The van der Waals surface area contributed by atoms with Crippen LogP contribution in [0.25, 0.3) is 5.69 Å². The van der Waals surface area contributed by atoms with Crippen LogP contribution >= 0.6 is 23.2 Å². The monoisotopic (exact) mass is 616 g/mol. The third-order valence-corrected chi connectivity index (χ3v) is 6.43. The zero-order valence-electron chi connectivity index (χ0n) is 17.5. The fourth-order valence-corrected chi connectivity index (χ4v) is 4.56. The second-order valence-corrected chi connectivity index (χ2v) is 9.40. The van der Waals surface area contributed by atoms with Crippen molar-refractivity contribution in [2.24, 2.45) is 0 Å². The van der Waals surface area contributed by atoms with Crippen molar-refractivity contribution in [3.8, 4) is 11.4 Å². The zero-order chi connectivity index (χ0) is 28.8. The maximum absolute atomic E-state index is 13.8. The molecule has 3 rings (SSSR count). The van der Waals surface area contributed by atoms with Crippen LogP contribution in [0.5, 0.6) is 5.75 Å². The average Bonchev–Trinajstić information content (AvgIpc) is 3.17. The van der Waals surface area contributed by atoms with Crippen molar-refractivity contribution in [3.05, 3.63) is 63.4 Å². The summed E-state index contributed by atoms with van der Waals surface area (Å²) in [5.41, 5.74) is -5.93. The highest BCUT2D eigenvalue weighted by atomic mass is 35.5. The highest BCUT2D eigenvalue weighted by Gasteiger charge is 2.43. The lowest BCUT2D eigenvalue weighted by atomic mass is 10.2. The van der Waals surface area contributed by atoms with Gasteiger partial charge in [0.15, 0.2) is 11.4 Å². The Morgan fingerprint density at radius 3 is 2.05 bits per heavy atom. The Morgan fingerprint density at radius 1 is 0.895 bits per heavy atom. The molecule has 0 fully saturated rings. The maximum Gasteiger partial charge on any atom is 0.573 e. The lowest BCUT2D eigenvalue weighted by Crippen LogP contribution is -2.33.